The lowest BCUT2D eigenvalue weighted by atomic mass is 9.61. The number of amides is 1. The molecule has 6 nitrogen and oxygen atoms in total. The van der Waals surface area contributed by atoms with Crippen LogP contribution in [0.3, 0.4) is 0 Å². The number of hydrogen-bond donors (Lipinski definition) is 1. The number of nitrogens with one attached hydrogen (secondary N) is 1. The first-order valence-electron chi connectivity index (χ1n) is 12.1. The molecule has 0 spiro atoms. The Morgan fingerprint density at radius 2 is 1.97 bits per heavy atom. The molecule has 1 amide bonds. The zero-order valence-electron chi connectivity index (χ0n) is 19.3. The molecule has 3 aliphatic rings. The van der Waals surface area contributed by atoms with Gasteiger partial charge in [0.05, 0.1) is 25.7 Å². The van der Waals surface area contributed by atoms with Crippen molar-refractivity contribution >= 4 is 5.91 Å². The summed E-state index contributed by atoms with van der Waals surface area (Å²) in [5.41, 5.74) is 1.00. The maximum atomic E-state index is 13.6. The van der Waals surface area contributed by atoms with E-state index in [-0.39, 0.29) is 11.3 Å². The van der Waals surface area contributed by atoms with Crippen molar-refractivity contribution in [1.82, 2.24) is 15.1 Å². The van der Waals surface area contributed by atoms with Crippen LogP contribution < -0.4 is 10.1 Å². The van der Waals surface area contributed by atoms with Gasteiger partial charge in [-0.05, 0) is 68.8 Å². The molecule has 0 bridgehead atoms. The van der Waals surface area contributed by atoms with E-state index in [2.05, 4.69) is 34.2 Å². The molecule has 0 unspecified atom stereocenters. The lowest BCUT2D eigenvalue weighted by Crippen LogP contribution is -2.61. The van der Waals surface area contributed by atoms with Gasteiger partial charge in [-0.1, -0.05) is 19.1 Å². The number of carbonyl (C=O) groups excluding carboxylic acids is 1. The number of morpholine rings is 1. The molecule has 1 N–H and O–H groups in total. The van der Waals surface area contributed by atoms with E-state index in [1.807, 2.05) is 12.1 Å². The Morgan fingerprint density at radius 3 is 2.68 bits per heavy atom. The van der Waals surface area contributed by atoms with Gasteiger partial charge in [0.2, 0.25) is 5.91 Å². The van der Waals surface area contributed by atoms with Crippen LogP contribution >= 0.6 is 0 Å². The first-order chi connectivity index (χ1) is 15.1. The summed E-state index contributed by atoms with van der Waals surface area (Å²) >= 11 is 0. The quantitative estimate of drug-likeness (QED) is 0.722. The number of hydrogen-bond acceptors (Lipinski definition) is 5. The van der Waals surface area contributed by atoms with Crippen LogP contribution in [0.1, 0.15) is 38.2 Å². The highest BCUT2D eigenvalue weighted by atomic mass is 16.5. The summed E-state index contributed by atoms with van der Waals surface area (Å²) in [6.45, 7) is 9.76. The van der Waals surface area contributed by atoms with Crippen molar-refractivity contribution < 1.29 is 14.3 Å². The van der Waals surface area contributed by atoms with Crippen molar-refractivity contribution in [3.05, 3.63) is 29.8 Å². The van der Waals surface area contributed by atoms with Crippen LogP contribution in [-0.4, -0.2) is 81.3 Å². The van der Waals surface area contributed by atoms with Crippen molar-refractivity contribution in [3.63, 3.8) is 0 Å². The first kappa shape index (κ1) is 22.6. The Morgan fingerprint density at radius 1 is 1.19 bits per heavy atom. The second-order valence-corrected chi connectivity index (χ2v) is 9.44. The summed E-state index contributed by atoms with van der Waals surface area (Å²) in [5.74, 6) is 1.64. The number of ether oxygens (including phenoxy) is 2. The van der Waals surface area contributed by atoms with Crippen molar-refractivity contribution in [2.24, 2.45) is 11.3 Å². The molecule has 1 aromatic rings. The van der Waals surface area contributed by atoms with Gasteiger partial charge in [0, 0.05) is 32.2 Å². The summed E-state index contributed by atoms with van der Waals surface area (Å²) < 4.78 is 10.8. The van der Waals surface area contributed by atoms with Gasteiger partial charge in [-0.25, -0.2) is 0 Å². The number of likely N-dealkylation sites (tertiary alicyclic amines) is 1. The molecule has 2 heterocycles. The van der Waals surface area contributed by atoms with Gasteiger partial charge in [0.15, 0.2) is 0 Å². The summed E-state index contributed by atoms with van der Waals surface area (Å²) in [7, 11) is 1.68. The highest BCUT2D eigenvalue weighted by molar-refractivity contribution is 5.83. The van der Waals surface area contributed by atoms with Crippen LogP contribution in [0.2, 0.25) is 0 Å². The van der Waals surface area contributed by atoms with E-state index in [0.717, 1.165) is 83.8 Å². The van der Waals surface area contributed by atoms with Crippen LogP contribution in [0.5, 0.6) is 5.75 Å². The molecule has 0 radical (unpaired) electrons. The van der Waals surface area contributed by atoms with Crippen LogP contribution in [0.4, 0.5) is 0 Å². The van der Waals surface area contributed by atoms with Crippen LogP contribution in [0.25, 0.3) is 0 Å². The van der Waals surface area contributed by atoms with Gasteiger partial charge in [0.1, 0.15) is 5.75 Å². The molecule has 172 valence electrons. The number of benzene rings is 1. The van der Waals surface area contributed by atoms with Crippen LogP contribution in [0, 0.1) is 11.3 Å². The van der Waals surface area contributed by atoms with E-state index in [4.69, 9.17) is 9.47 Å². The van der Waals surface area contributed by atoms with E-state index >= 15 is 0 Å². The Labute approximate surface area is 187 Å². The number of fused-ring (bicyclic) bond motifs is 1. The molecule has 6 heteroatoms. The molecule has 1 aromatic carbocycles. The van der Waals surface area contributed by atoms with E-state index in [0.29, 0.717) is 18.5 Å². The normalized spacial score (nSPS) is 29.9. The predicted octanol–water partition coefficient (Wildman–Crippen LogP) is 2.57. The van der Waals surface area contributed by atoms with E-state index in [1.54, 1.807) is 7.11 Å². The Kier molecular flexibility index (Phi) is 7.51. The summed E-state index contributed by atoms with van der Waals surface area (Å²) in [5, 5.41) is 3.33. The van der Waals surface area contributed by atoms with E-state index < -0.39 is 0 Å². The smallest absolute Gasteiger partial charge is 0.227 e. The molecular weight excluding hydrogens is 390 g/mol. The number of carbonyl (C=O) groups is 1. The van der Waals surface area contributed by atoms with Gasteiger partial charge < -0.3 is 19.7 Å². The minimum atomic E-state index is -0.225. The minimum absolute atomic E-state index is 0.225. The molecular formula is C25H39N3O3. The molecule has 3 fully saturated rings. The third-order valence-corrected chi connectivity index (χ3v) is 7.88. The van der Waals surface area contributed by atoms with Gasteiger partial charge in [-0.2, -0.15) is 0 Å². The lowest BCUT2D eigenvalue weighted by Gasteiger charge is -2.53. The highest BCUT2D eigenvalue weighted by Gasteiger charge is 2.52. The van der Waals surface area contributed by atoms with Crippen molar-refractivity contribution in [3.8, 4) is 5.75 Å². The first-order valence-corrected chi connectivity index (χ1v) is 12.1. The fourth-order valence-corrected chi connectivity index (χ4v) is 5.92. The van der Waals surface area contributed by atoms with Gasteiger partial charge >= 0.3 is 0 Å². The van der Waals surface area contributed by atoms with Crippen molar-refractivity contribution in [1.29, 1.82) is 0 Å². The van der Waals surface area contributed by atoms with Gasteiger partial charge in [-0.3, -0.25) is 9.69 Å². The monoisotopic (exact) mass is 429 g/mol. The molecule has 31 heavy (non-hydrogen) atoms. The Bertz CT molecular complexity index is 719. The predicted molar refractivity (Wildman–Crippen MR) is 122 cm³/mol. The highest BCUT2D eigenvalue weighted by Crippen LogP contribution is 2.47. The number of piperidine rings is 1. The zero-order chi connectivity index (χ0) is 21.7. The average Bonchev–Trinajstić information content (AvgIpc) is 2.84. The summed E-state index contributed by atoms with van der Waals surface area (Å²) in [6, 6.07) is 8.75. The third-order valence-electron chi connectivity index (χ3n) is 7.88. The maximum Gasteiger partial charge on any atom is 0.227 e. The van der Waals surface area contributed by atoms with Crippen molar-refractivity contribution in [2.75, 3.05) is 59.6 Å². The minimum Gasteiger partial charge on any atom is -0.497 e. The lowest BCUT2D eigenvalue weighted by molar-refractivity contribution is -0.144. The van der Waals surface area contributed by atoms with Gasteiger partial charge in [0.25, 0.3) is 0 Å². The van der Waals surface area contributed by atoms with E-state index in [9.17, 15) is 4.79 Å². The standard InChI is InChI=1S/C25H39N3O3/c1-3-27-13-10-21-18-22(28-14-16-31-17-15-28)8-11-25(21,19-27)24(29)26-12-9-20-4-6-23(30-2)7-5-20/h4-7,21-22H,3,8-19H2,1-2H3,(H,26,29)/t21-,22+,25-/m1/s1. The molecule has 4 rings (SSSR count). The molecule has 1 saturated carbocycles. The topological polar surface area (TPSA) is 54.0 Å². The third kappa shape index (κ3) is 5.07. The SMILES string of the molecule is CCN1CC[C@@H]2C[C@@H](N3CCOCC3)CC[C@@]2(C(=O)NCCc2ccc(OC)cc2)C1. The van der Waals surface area contributed by atoms with Crippen LogP contribution in [0.15, 0.2) is 24.3 Å². The maximum absolute atomic E-state index is 13.6. The second kappa shape index (κ2) is 10.3. The zero-order valence-corrected chi connectivity index (χ0v) is 19.3. The molecule has 3 atom stereocenters. The average molecular weight is 430 g/mol. The molecule has 2 saturated heterocycles. The fraction of sp³-hybridized carbons (Fsp3) is 0.720. The summed E-state index contributed by atoms with van der Waals surface area (Å²) in [4.78, 5) is 18.7. The molecule has 2 aliphatic heterocycles. The van der Waals surface area contributed by atoms with Crippen LogP contribution in [-0.2, 0) is 16.0 Å². The Balaban J connectivity index is 1.39. The van der Waals surface area contributed by atoms with Crippen molar-refractivity contribution in [2.45, 2.75) is 45.1 Å². The van der Waals surface area contributed by atoms with Gasteiger partial charge in [-0.15, -0.1) is 0 Å². The van der Waals surface area contributed by atoms with E-state index in [1.165, 1.54) is 5.56 Å². The molecule has 0 aromatic heterocycles. The fourth-order valence-electron chi connectivity index (χ4n) is 5.92. The largest absolute Gasteiger partial charge is 0.497 e. The Hall–Kier alpha value is -1.63. The number of nitrogens with zero attached hydrogens (tertiary/aromatic N) is 2. The molecule has 1 aliphatic carbocycles. The number of rotatable bonds is 7. The second-order valence-electron chi connectivity index (χ2n) is 9.44. The summed E-state index contributed by atoms with van der Waals surface area (Å²) in [6.07, 6.45) is 5.28. The number of methoxy groups -OCH3 is 1.